The minimum atomic E-state index is -0.109. The second-order valence-electron chi connectivity index (χ2n) is 4.11. The third-order valence-corrected chi connectivity index (χ3v) is 3.44. The monoisotopic (exact) mass is 254 g/mol. The minimum Gasteiger partial charge on any atom is -0.469 e. The molecule has 0 amide bonds. The van der Waals surface area contributed by atoms with E-state index in [2.05, 4.69) is 9.88 Å². The fourth-order valence-electron chi connectivity index (χ4n) is 2.12. The number of carbonyl (C=O) groups excluding carboxylic acids is 1. The third-order valence-electron chi connectivity index (χ3n) is 3.12. The van der Waals surface area contributed by atoms with E-state index in [1.165, 1.54) is 7.11 Å². The Hall–Kier alpha value is -1.29. The topological polar surface area (TPSA) is 42.4 Å². The zero-order valence-electron chi connectivity index (χ0n) is 9.73. The first kappa shape index (κ1) is 12.2. The van der Waals surface area contributed by atoms with Crippen LogP contribution in [0.2, 0.25) is 5.02 Å². The van der Waals surface area contributed by atoms with E-state index in [4.69, 9.17) is 16.3 Å². The number of halogens is 1. The average molecular weight is 255 g/mol. The van der Waals surface area contributed by atoms with Gasteiger partial charge in [-0.15, -0.1) is 0 Å². The van der Waals surface area contributed by atoms with Gasteiger partial charge in [-0.25, -0.2) is 0 Å². The zero-order chi connectivity index (χ0) is 12.3. The molecule has 0 unspecified atom stereocenters. The van der Waals surface area contributed by atoms with Gasteiger partial charge in [-0.3, -0.25) is 9.78 Å². The summed E-state index contributed by atoms with van der Waals surface area (Å²) in [6, 6.07) is 1.78. The fraction of sp³-hybridized carbons (Fsp3) is 0.500. The molecule has 0 bridgehead atoms. The largest absolute Gasteiger partial charge is 0.469 e. The SMILES string of the molecule is COC(=O)C1CCN(c2cnccc2Cl)CC1. The number of hydrogen-bond donors (Lipinski definition) is 0. The molecule has 5 heteroatoms. The fourth-order valence-corrected chi connectivity index (χ4v) is 2.35. The van der Waals surface area contributed by atoms with Gasteiger partial charge in [0.1, 0.15) is 0 Å². The minimum absolute atomic E-state index is 0.0201. The summed E-state index contributed by atoms with van der Waals surface area (Å²) in [5.74, 6) is -0.0892. The van der Waals surface area contributed by atoms with Crippen LogP contribution in [0.5, 0.6) is 0 Å². The Labute approximate surface area is 106 Å². The van der Waals surface area contributed by atoms with E-state index in [0.29, 0.717) is 5.02 Å². The number of carbonyl (C=O) groups is 1. The quantitative estimate of drug-likeness (QED) is 0.759. The molecule has 1 aromatic heterocycles. The summed E-state index contributed by atoms with van der Waals surface area (Å²) < 4.78 is 4.76. The maximum Gasteiger partial charge on any atom is 0.308 e. The first-order valence-corrected chi connectivity index (χ1v) is 6.02. The number of hydrogen-bond acceptors (Lipinski definition) is 4. The van der Waals surface area contributed by atoms with Gasteiger partial charge >= 0.3 is 5.97 Å². The van der Waals surface area contributed by atoms with Crippen LogP contribution in [0.1, 0.15) is 12.8 Å². The molecule has 17 heavy (non-hydrogen) atoms. The molecule has 0 N–H and O–H groups in total. The van der Waals surface area contributed by atoms with Crippen molar-refractivity contribution in [1.82, 2.24) is 4.98 Å². The van der Waals surface area contributed by atoms with Crippen molar-refractivity contribution in [3.8, 4) is 0 Å². The average Bonchev–Trinajstić information content (AvgIpc) is 2.39. The summed E-state index contributed by atoms with van der Waals surface area (Å²) in [5, 5.41) is 0.705. The van der Waals surface area contributed by atoms with E-state index in [0.717, 1.165) is 31.6 Å². The van der Waals surface area contributed by atoms with Crippen LogP contribution in [0, 0.1) is 5.92 Å². The number of anilines is 1. The Kier molecular flexibility index (Phi) is 3.84. The van der Waals surface area contributed by atoms with Gasteiger partial charge in [-0.1, -0.05) is 11.6 Å². The predicted octanol–water partition coefficient (Wildman–Crippen LogP) is 2.12. The van der Waals surface area contributed by atoms with E-state index in [1.54, 1.807) is 18.5 Å². The Balaban J connectivity index is 2.00. The Morgan fingerprint density at radius 3 is 2.82 bits per heavy atom. The highest BCUT2D eigenvalue weighted by molar-refractivity contribution is 6.33. The summed E-state index contributed by atoms with van der Waals surface area (Å²) >= 11 is 6.11. The van der Waals surface area contributed by atoms with E-state index in [1.807, 2.05) is 0 Å². The summed E-state index contributed by atoms with van der Waals surface area (Å²) in [6.45, 7) is 1.62. The van der Waals surface area contributed by atoms with Gasteiger partial charge < -0.3 is 9.64 Å². The molecule has 0 spiro atoms. The van der Waals surface area contributed by atoms with Crippen molar-refractivity contribution in [2.75, 3.05) is 25.1 Å². The maximum absolute atomic E-state index is 11.4. The van der Waals surface area contributed by atoms with Crippen molar-refractivity contribution >= 4 is 23.3 Å². The molecule has 0 aliphatic carbocycles. The number of piperidine rings is 1. The lowest BCUT2D eigenvalue weighted by Crippen LogP contribution is -2.36. The summed E-state index contributed by atoms with van der Waals surface area (Å²) in [5.41, 5.74) is 0.942. The van der Waals surface area contributed by atoms with E-state index in [-0.39, 0.29) is 11.9 Å². The van der Waals surface area contributed by atoms with Gasteiger partial charge in [0.15, 0.2) is 0 Å². The van der Waals surface area contributed by atoms with Crippen molar-refractivity contribution in [3.63, 3.8) is 0 Å². The third kappa shape index (κ3) is 2.69. The summed E-state index contributed by atoms with van der Waals surface area (Å²) in [7, 11) is 1.44. The molecular weight excluding hydrogens is 240 g/mol. The molecule has 92 valence electrons. The van der Waals surface area contributed by atoms with E-state index in [9.17, 15) is 4.79 Å². The number of esters is 1. The van der Waals surface area contributed by atoms with Crippen LogP contribution in [-0.4, -0.2) is 31.2 Å². The lowest BCUT2D eigenvalue weighted by atomic mass is 9.97. The highest BCUT2D eigenvalue weighted by Crippen LogP contribution is 2.28. The van der Waals surface area contributed by atoms with Crippen molar-refractivity contribution in [1.29, 1.82) is 0 Å². The molecule has 0 radical (unpaired) electrons. The molecule has 1 aromatic rings. The van der Waals surface area contributed by atoms with E-state index >= 15 is 0 Å². The van der Waals surface area contributed by atoms with Gasteiger partial charge in [-0.05, 0) is 18.9 Å². The van der Waals surface area contributed by atoms with E-state index < -0.39 is 0 Å². The van der Waals surface area contributed by atoms with Gasteiger partial charge in [0.25, 0.3) is 0 Å². The molecule has 0 atom stereocenters. The van der Waals surface area contributed by atoms with Crippen molar-refractivity contribution < 1.29 is 9.53 Å². The van der Waals surface area contributed by atoms with Crippen LogP contribution < -0.4 is 4.90 Å². The molecule has 0 aromatic carbocycles. The van der Waals surface area contributed by atoms with Crippen LogP contribution in [-0.2, 0) is 9.53 Å². The molecule has 1 aliphatic rings. The smallest absolute Gasteiger partial charge is 0.308 e. The van der Waals surface area contributed by atoms with Gasteiger partial charge in [-0.2, -0.15) is 0 Å². The molecule has 1 fully saturated rings. The molecule has 2 heterocycles. The highest BCUT2D eigenvalue weighted by atomic mass is 35.5. The van der Waals surface area contributed by atoms with Gasteiger partial charge in [0.05, 0.1) is 29.9 Å². The Morgan fingerprint density at radius 2 is 2.24 bits per heavy atom. The number of methoxy groups -OCH3 is 1. The number of rotatable bonds is 2. The first-order chi connectivity index (χ1) is 8.22. The predicted molar refractivity (Wildman–Crippen MR) is 66.2 cm³/mol. The molecule has 1 aliphatic heterocycles. The number of nitrogens with zero attached hydrogens (tertiary/aromatic N) is 2. The first-order valence-electron chi connectivity index (χ1n) is 5.64. The van der Waals surface area contributed by atoms with Gasteiger partial charge in [0, 0.05) is 19.3 Å². The van der Waals surface area contributed by atoms with Crippen LogP contribution in [0.3, 0.4) is 0 Å². The second-order valence-corrected chi connectivity index (χ2v) is 4.52. The maximum atomic E-state index is 11.4. The second kappa shape index (κ2) is 5.36. The molecule has 4 nitrogen and oxygen atoms in total. The number of ether oxygens (including phenoxy) is 1. The van der Waals surface area contributed by atoms with Crippen molar-refractivity contribution in [2.24, 2.45) is 5.92 Å². The normalized spacial score (nSPS) is 16.9. The molecule has 2 rings (SSSR count). The number of pyridine rings is 1. The summed E-state index contributed by atoms with van der Waals surface area (Å²) in [6.07, 6.45) is 5.05. The summed E-state index contributed by atoms with van der Waals surface area (Å²) in [4.78, 5) is 17.6. The van der Waals surface area contributed by atoms with Crippen LogP contribution in [0.4, 0.5) is 5.69 Å². The molecule has 1 saturated heterocycles. The zero-order valence-corrected chi connectivity index (χ0v) is 10.5. The van der Waals surface area contributed by atoms with Crippen LogP contribution in [0.25, 0.3) is 0 Å². The Morgan fingerprint density at radius 1 is 1.53 bits per heavy atom. The standard InChI is InChI=1S/C12H15ClN2O2/c1-17-12(16)9-3-6-15(7-4-9)11-8-14-5-2-10(11)13/h2,5,8-9H,3-4,6-7H2,1H3. The number of aromatic nitrogens is 1. The lowest BCUT2D eigenvalue weighted by Gasteiger charge is -2.32. The van der Waals surface area contributed by atoms with Crippen molar-refractivity contribution in [3.05, 3.63) is 23.5 Å². The van der Waals surface area contributed by atoms with Crippen LogP contribution >= 0.6 is 11.6 Å². The van der Waals surface area contributed by atoms with Crippen LogP contribution in [0.15, 0.2) is 18.5 Å². The highest BCUT2D eigenvalue weighted by Gasteiger charge is 2.26. The van der Waals surface area contributed by atoms with Gasteiger partial charge in [0.2, 0.25) is 0 Å². The Bertz CT molecular complexity index is 403. The lowest BCUT2D eigenvalue weighted by molar-refractivity contribution is -0.146. The molecular formula is C12H15ClN2O2. The van der Waals surface area contributed by atoms with Crippen molar-refractivity contribution in [2.45, 2.75) is 12.8 Å². The molecule has 0 saturated carbocycles.